The van der Waals surface area contributed by atoms with Crippen LogP contribution in [0.15, 0.2) is 18.5 Å². The highest BCUT2D eigenvalue weighted by Gasteiger charge is 2.17. The fourth-order valence-corrected chi connectivity index (χ4v) is 2.95. The van der Waals surface area contributed by atoms with Crippen LogP contribution in [0.3, 0.4) is 0 Å². The van der Waals surface area contributed by atoms with E-state index in [1.807, 2.05) is 26.2 Å². The Morgan fingerprint density at radius 3 is 2.74 bits per heavy atom. The van der Waals surface area contributed by atoms with Crippen LogP contribution >= 0.6 is 12.4 Å². The van der Waals surface area contributed by atoms with Crippen LogP contribution in [0.2, 0.25) is 0 Å². The zero-order valence-electron chi connectivity index (χ0n) is 13.7. The summed E-state index contributed by atoms with van der Waals surface area (Å²) < 4.78 is 2.13. The van der Waals surface area contributed by atoms with Gasteiger partial charge in [0.2, 0.25) is 0 Å². The first-order valence-electron chi connectivity index (χ1n) is 8.00. The fraction of sp³-hybridized carbons (Fsp3) is 0.562. The van der Waals surface area contributed by atoms with Gasteiger partial charge in [0.15, 0.2) is 0 Å². The van der Waals surface area contributed by atoms with Crippen molar-refractivity contribution in [1.82, 2.24) is 24.8 Å². The Kier molecular flexibility index (Phi) is 6.36. The van der Waals surface area contributed by atoms with Gasteiger partial charge in [-0.15, -0.1) is 12.4 Å². The summed E-state index contributed by atoms with van der Waals surface area (Å²) in [6.45, 7) is 7.86. The topological polar surface area (TPSA) is 67.7 Å². The van der Waals surface area contributed by atoms with Crippen molar-refractivity contribution in [2.45, 2.75) is 39.2 Å². The number of rotatable bonds is 5. The molecule has 0 spiro atoms. The summed E-state index contributed by atoms with van der Waals surface area (Å²) in [7, 11) is 0. The maximum Gasteiger partial charge on any atom is 0.129 e. The van der Waals surface area contributed by atoms with Crippen molar-refractivity contribution in [3.05, 3.63) is 35.8 Å². The molecule has 1 fully saturated rings. The predicted molar refractivity (Wildman–Crippen MR) is 94.3 cm³/mol. The summed E-state index contributed by atoms with van der Waals surface area (Å²) in [4.78, 5) is 13.4. The highest BCUT2D eigenvalue weighted by Crippen LogP contribution is 2.24. The van der Waals surface area contributed by atoms with Crippen LogP contribution in [0, 0.1) is 13.8 Å². The van der Waals surface area contributed by atoms with Crippen molar-refractivity contribution in [3.8, 4) is 0 Å². The first-order chi connectivity index (χ1) is 10.7. The first kappa shape index (κ1) is 17.7. The summed E-state index contributed by atoms with van der Waals surface area (Å²) in [6, 6.07) is 2.11. The molecule has 7 heteroatoms. The second-order valence-corrected chi connectivity index (χ2v) is 5.84. The van der Waals surface area contributed by atoms with E-state index >= 15 is 0 Å². The van der Waals surface area contributed by atoms with E-state index in [1.165, 1.54) is 5.69 Å². The van der Waals surface area contributed by atoms with Crippen LogP contribution in [0.1, 0.15) is 36.1 Å². The molecule has 0 radical (unpaired) electrons. The van der Waals surface area contributed by atoms with Crippen molar-refractivity contribution in [1.29, 1.82) is 0 Å². The maximum atomic E-state index is 4.64. The highest BCUT2D eigenvalue weighted by molar-refractivity contribution is 5.85. The normalized spacial score (nSPS) is 15.2. The van der Waals surface area contributed by atoms with E-state index in [-0.39, 0.29) is 12.4 Å². The lowest BCUT2D eigenvalue weighted by molar-refractivity contribution is 0.452. The standard InChI is InChI=1S/C16H24N6.ClH/c1-12-20-15(14-3-5-17-6-4-14)11-16(21-12)19-8-10-22-9-7-18-13(22)2;/h7,9,11,14,17H,3-6,8,10H2,1-2H3,(H,19,20,21);1H. The van der Waals surface area contributed by atoms with Crippen LogP contribution in [0.5, 0.6) is 0 Å². The van der Waals surface area contributed by atoms with Crippen LogP contribution in [0.25, 0.3) is 0 Å². The minimum atomic E-state index is 0. The number of piperidine rings is 1. The van der Waals surface area contributed by atoms with Gasteiger partial charge in [0.1, 0.15) is 17.5 Å². The molecular formula is C16H25ClN6. The Bertz CT molecular complexity index is 621. The maximum absolute atomic E-state index is 4.64. The smallest absolute Gasteiger partial charge is 0.129 e. The third-order valence-electron chi connectivity index (χ3n) is 4.20. The number of hydrogen-bond acceptors (Lipinski definition) is 5. The average Bonchev–Trinajstić information content (AvgIpc) is 2.93. The molecule has 1 aliphatic rings. The molecule has 0 bridgehead atoms. The van der Waals surface area contributed by atoms with E-state index in [9.17, 15) is 0 Å². The molecule has 1 aliphatic heterocycles. The summed E-state index contributed by atoms with van der Waals surface area (Å²) in [6.07, 6.45) is 6.15. The SMILES string of the molecule is Cc1nc(NCCn2ccnc2C)cc(C2CCNCC2)n1.Cl. The molecule has 6 nitrogen and oxygen atoms in total. The lowest BCUT2D eigenvalue weighted by atomic mass is 9.94. The molecule has 0 atom stereocenters. The Balaban J connectivity index is 0.00000192. The van der Waals surface area contributed by atoms with Crippen molar-refractivity contribution >= 4 is 18.2 Å². The zero-order valence-corrected chi connectivity index (χ0v) is 14.6. The number of nitrogens with one attached hydrogen (secondary N) is 2. The number of aryl methyl sites for hydroxylation is 2. The van der Waals surface area contributed by atoms with Gasteiger partial charge in [-0.25, -0.2) is 15.0 Å². The average molecular weight is 337 g/mol. The van der Waals surface area contributed by atoms with E-state index in [4.69, 9.17) is 0 Å². The van der Waals surface area contributed by atoms with Crippen molar-refractivity contribution in [3.63, 3.8) is 0 Å². The Morgan fingerprint density at radius 1 is 1.26 bits per heavy atom. The van der Waals surface area contributed by atoms with E-state index in [1.54, 1.807) is 0 Å². The number of hydrogen-bond donors (Lipinski definition) is 2. The van der Waals surface area contributed by atoms with Gasteiger partial charge in [-0.2, -0.15) is 0 Å². The van der Waals surface area contributed by atoms with Gasteiger partial charge in [0.05, 0.1) is 0 Å². The molecule has 3 rings (SSSR count). The lowest BCUT2D eigenvalue weighted by Gasteiger charge is -2.22. The second kappa shape index (κ2) is 8.26. The molecule has 3 heterocycles. The summed E-state index contributed by atoms with van der Waals surface area (Å²) in [5, 5.41) is 6.82. The van der Waals surface area contributed by atoms with Gasteiger partial charge < -0.3 is 15.2 Å². The fourth-order valence-electron chi connectivity index (χ4n) is 2.95. The highest BCUT2D eigenvalue weighted by atomic mass is 35.5. The Labute approximate surface area is 143 Å². The molecule has 1 saturated heterocycles. The Morgan fingerprint density at radius 2 is 2.04 bits per heavy atom. The van der Waals surface area contributed by atoms with Crippen molar-refractivity contribution < 1.29 is 0 Å². The minimum absolute atomic E-state index is 0. The molecule has 0 aliphatic carbocycles. The Hall–Kier alpha value is -1.66. The molecular weight excluding hydrogens is 312 g/mol. The van der Waals surface area contributed by atoms with Crippen LogP contribution in [-0.4, -0.2) is 39.2 Å². The molecule has 0 saturated carbocycles. The number of nitrogens with zero attached hydrogens (tertiary/aromatic N) is 4. The van der Waals surface area contributed by atoms with Gasteiger partial charge >= 0.3 is 0 Å². The number of halogens is 1. The summed E-state index contributed by atoms with van der Waals surface area (Å²) in [5.74, 6) is 3.37. The third-order valence-corrected chi connectivity index (χ3v) is 4.20. The van der Waals surface area contributed by atoms with Gasteiger partial charge in [0, 0.05) is 43.2 Å². The number of aromatic nitrogens is 4. The molecule has 2 aromatic heterocycles. The van der Waals surface area contributed by atoms with Gasteiger partial charge in [-0.05, 0) is 39.8 Å². The van der Waals surface area contributed by atoms with Crippen LogP contribution in [-0.2, 0) is 6.54 Å². The van der Waals surface area contributed by atoms with Crippen LogP contribution in [0.4, 0.5) is 5.82 Å². The molecule has 0 unspecified atom stereocenters. The largest absolute Gasteiger partial charge is 0.368 e. The van der Waals surface area contributed by atoms with Crippen molar-refractivity contribution in [2.75, 3.05) is 25.0 Å². The lowest BCUT2D eigenvalue weighted by Crippen LogP contribution is -2.27. The molecule has 0 amide bonds. The van der Waals surface area contributed by atoms with Gasteiger partial charge in [-0.3, -0.25) is 0 Å². The number of anilines is 1. The minimum Gasteiger partial charge on any atom is -0.368 e. The van der Waals surface area contributed by atoms with E-state index < -0.39 is 0 Å². The quantitative estimate of drug-likeness (QED) is 0.877. The summed E-state index contributed by atoms with van der Waals surface area (Å²) in [5.41, 5.74) is 1.18. The molecule has 0 aromatic carbocycles. The molecule has 2 aromatic rings. The van der Waals surface area contributed by atoms with Gasteiger partial charge in [-0.1, -0.05) is 0 Å². The number of imidazole rings is 1. The third kappa shape index (κ3) is 4.65. The first-order valence-corrected chi connectivity index (χ1v) is 8.00. The predicted octanol–water partition coefficient (Wildman–Crippen LogP) is 2.29. The molecule has 23 heavy (non-hydrogen) atoms. The van der Waals surface area contributed by atoms with Gasteiger partial charge in [0.25, 0.3) is 0 Å². The van der Waals surface area contributed by atoms with Crippen molar-refractivity contribution in [2.24, 2.45) is 0 Å². The second-order valence-electron chi connectivity index (χ2n) is 5.84. The zero-order chi connectivity index (χ0) is 15.4. The molecule has 2 N–H and O–H groups in total. The monoisotopic (exact) mass is 336 g/mol. The molecule has 126 valence electrons. The van der Waals surface area contributed by atoms with E-state index in [0.717, 1.165) is 56.5 Å². The van der Waals surface area contributed by atoms with Crippen LogP contribution < -0.4 is 10.6 Å². The van der Waals surface area contributed by atoms with E-state index in [2.05, 4.69) is 36.2 Å². The van der Waals surface area contributed by atoms with E-state index in [0.29, 0.717) is 5.92 Å². The summed E-state index contributed by atoms with van der Waals surface area (Å²) >= 11 is 0.